The number of methoxy groups -OCH3 is 1. The highest BCUT2D eigenvalue weighted by Gasteiger charge is 2.41. The summed E-state index contributed by atoms with van der Waals surface area (Å²) in [5.41, 5.74) is 9.27. The Morgan fingerprint density at radius 1 is 1.00 bits per heavy atom. The second kappa shape index (κ2) is 9.86. The van der Waals surface area contributed by atoms with Crippen LogP contribution in [0.3, 0.4) is 0 Å². The lowest BCUT2D eigenvalue weighted by Crippen LogP contribution is -2.50. The van der Waals surface area contributed by atoms with Gasteiger partial charge in [-0.1, -0.05) is 48.5 Å². The van der Waals surface area contributed by atoms with Crippen LogP contribution in [0.15, 0.2) is 73.1 Å². The van der Waals surface area contributed by atoms with Gasteiger partial charge in [0.15, 0.2) is 0 Å². The largest absolute Gasteiger partial charge is 0.496 e. The van der Waals surface area contributed by atoms with E-state index in [1.165, 1.54) is 0 Å². The van der Waals surface area contributed by atoms with Crippen molar-refractivity contribution in [3.8, 4) is 16.9 Å². The number of amides is 2. The van der Waals surface area contributed by atoms with Crippen molar-refractivity contribution in [3.63, 3.8) is 0 Å². The van der Waals surface area contributed by atoms with Crippen molar-refractivity contribution in [3.05, 3.63) is 84.2 Å². The fourth-order valence-corrected chi connectivity index (χ4v) is 4.66. The summed E-state index contributed by atoms with van der Waals surface area (Å²) in [6, 6.07) is 19.5. The molecule has 0 radical (unpaired) electrons. The molecule has 170 valence electrons. The van der Waals surface area contributed by atoms with Crippen molar-refractivity contribution < 1.29 is 14.3 Å². The van der Waals surface area contributed by atoms with E-state index in [1.54, 1.807) is 13.3 Å². The number of rotatable bonds is 7. The number of piperidine rings is 1. The van der Waals surface area contributed by atoms with Crippen LogP contribution in [0.2, 0.25) is 0 Å². The molecule has 1 aromatic heterocycles. The molecule has 2 aromatic carbocycles. The number of likely N-dealkylation sites (tertiary alicyclic amines) is 1. The number of nitrogens with two attached hydrogens (primary N) is 1. The van der Waals surface area contributed by atoms with E-state index < -0.39 is 5.41 Å². The first-order valence-corrected chi connectivity index (χ1v) is 11.2. The predicted molar refractivity (Wildman–Crippen MR) is 128 cm³/mol. The molecule has 2 amide bonds. The number of ether oxygens (including phenoxy) is 1. The van der Waals surface area contributed by atoms with Gasteiger partial charge in [0, 0.05) is 36.6 Å². The molecule has 4 rings (SSSR count). The van der Waals surface area contributed by atoms with Crippen LogP contribution < -0.4 is 10.5 Å². The zero-order valence-corrected chi connectivity index (χ0v) is 18.9. The first kappa shape index (κ1) is 22.5. The van der Waals surface area contributed by atoms with Crippen LogP contribution in [0, 0.1) is 5.41 Å². The van der Waals surface area contributed by atoms with Crippen LogP contribution in [0.25, 0.3) is 11.1 Å². The van der Waals surface area contributed by atoms with Crippen molar-refractivity contribution in [1.82, 2.24) is 9.88 Å². The summed E-state index contributed by atoms with van der Waals surface area (Å²) in [6.45, 7) is 1.01. The second-order valence-corrected chi connectivity index (χ2v) is 8.59. The highest BCUT2D eigenvalue weighted by Crippen LogP contribution is 2.38. The highest BCUT2D eigenvalue weighted by molar-refractivity contribution is 5.83. The van der Waals surface area contributed by atoms with Gasteiger partial charge in [-0.25, -0.2) is 0 Å². The Morgan fingerprint density at radius 2 is 1.70 bits per heavy atom. The van der Waals surface area contributed by atoms with Crippen LogP contribution >= 0.6 is 0 Å². The molecule has 1 aliphatic heterocycles. The molecule has 2 N–H and O–H groups in total. The van der Waals surface area contributed by atoms with Crippen molar-refractivity contribution in [1.29, 1.82) is 0 Å². The van der Waals surface area contributed by atoms with Crippen LogP contribution in [-0.2, 0) is 22.4 Å². The Labute approximate surface area is 194 Å². The maximum absolute atomic E-state index is 13.0. The number of benzene rings is 2. The number of hydrogen-bond acceptors (Lipinski definition) is 4. The molecule has 1 fully saturated rings. The molecule has 0 spiro atoms. The monoisotopic (exact) mass is 443 g/mol. The number of aromatic nitrogens is 1. The molecule has 0 bridgehead atoms. The molecule has 6 nitrogen and oxygen atoms in total. The smallest absolute Gasteiger partial charge is 0.227 e. The number of carbonyl (C=O) groups excluding carboxylic acids is 2. The molecule has 0 aliphatic carbocycles. The third-order valence-electron chi connectivity index (χ3n) is 6.65. The van der Waals surface area contributed by atoms with Gasteiger partial charge >= 0.3 is 0 Å². The summed E-state index contributed by atoms with van der Waals surface area (Å²) in [6.07, 6.45) is 5.48. The SMILES string of the molecule is COc1ccccc1CC(=O)N1CCC(Cc2ccccc2-c2cccnc2)(C(N)=O)CC1. The lowest BCUT2D eigenvalue weighted by Gasteiger charge is -2.40. The van der Waals surface area contributed by atoms with Gasteiger partial charge in [0.25, 0.3) is 0 Å². The average Bonchev–Trinajstić information content (AvgIpc) is 2.85. The lowest BCUT2D eigenvalue weighted by molar-refractivity contribution is -0.138. The van der Waals surface area contributed by atoms with Crippen LogP contribution in [0.1, 0.15) is 24.0 Å². The van der Waals surface area contributed by atoms with Crippen molar-refractivity contribution >= 4 is 11.8 Å². The van der Waals surface area contributed by atoms with E-state index in [2.05, 4.69) is 4.98 Å². The van der Waals surface area contributed by atoms with E-state index in [0.717, 1.165) is 22.3 Å². The molecule has 2 heterocycles. The Balaban J connectivity index is 1.49. The molecule has 0 atom stereocenters. The summed E-state index contributed by atoms with van der Waals surface area (Å²) >= 11 is 0. The number of primary amides is 1. The molecule has 0 unspecified atom stereocenters. The van der Waals surface area contributed by atoms with E-state index in [1.807, 2.05) is 71.8 Å². The summed E-state index contributed by atoms with van der Waals surface area (Å²) in [7, 11) is 1.61. The van der Waals surface area contributed by atoms with E-state index in [0.29, 0.717) is 38.1 Å². The van der Waals surface area contributed by atoms with Gasteiger partial charge in [-0.2, -0.15) is 0 Å². The molecule has 3 aromatic rings. The maximum atomic E-state index is 13.0. The zero-order valence-electron chi connectivity index (χ0n) is 18.9. The number of pyridine rings is 1. The minimum absolute atomic E-state index is 0.0355. The first-order valence-electron chi connectivity index (χ1n) is 11.2. The average molecular weight is 444 g/mol. The normalized spacial score (nSPS) is 15.1. The molecule has 1 saturated heterocycles. The maximum Gasteiger partial charge on any atom is 0.227 e. The van der Waals surface area contributed by atoms with Crippen LogP contribution in [0.5, 0.6) is 5.75 Å². The van der Waals surface area contributed by atoms with Crippen molar-refractivity contribution in [2.45, 2.75) is 25.7 Å². The Hall–Kier alpha value is -3.67. The van der Waals surface area contributed by atoms with E-state index >= 15 is 0 Å². The van der Waals surface area contributed by atoms with Gasteiger partial charge in [-0.05, 0) is 42.5 Å². The van der Waals surface area contributed by atoms with Gasteiger partial charge in [-0.15, -0.1) is 0 Å². The second-order valence-electron chi connectivity index (χ2n) is 8.59. The third-order valence-corrected chi connectivity index (χ3v) is 6.65. The minimum atomic E-state index is -0.681. The quantitative estimate of drug-likeness (QED) is 0.604. The first-order chi connectivity index (χ1) is 16.0. The van der Waals surface area contributed by atoms with Gasteiger partial charge in [0.1, 0.15) is 5.75 Å². The van der Waals surface area contributed by atoms with Gasteiger partial charge < -0.3 is 15.4 Å². The number of carbonyl (C=O) groups is 2. The van der Waals surface area contributed by atoms with Gasteiger partial charge in [0.05, 0.1) is 18.9 Å². The van der Waals surface area contributed by atoms with Gasteiger partial charge in [0.2, 0.25) is 11.8 Å². The molecule has 33 heavy (non-hydrogen) atoms. The van der Waals surface area contributed by atoms with E-state index in [4.69, 9.17) is 10.5 Å². The third kappa shape index (κ3) is 4.90. The highest BCUT2D eigenvalue weighted by atomic mass is 16.5. The summed E-state index contributed by atoms with van der Waals surface area (Å²) in [5, 5.41) is 0. The molecular formula is C27H29N3O3. The molecule has 6 heteroatoms. The number of nitrogens with zero attached hydrogens (tertiary/aromatic N) is 2. The lowest BCUT2D eigenvalue weighted by atomic mass is 9.72. The fraction of sp³-hybridized carbons (Fsp3) is 0.296. The standard InChI is InChI=1S/C27H29N3O3/c1-33-24-11-5-3-7-20(24)17-25(31)30-15-12-27(13-16-30,26(28)32)18-21-8-2-4-10-23(21)22-9-6-14-29-19-22/h2-11,14,19H,12-13,15-18H2,1H3,(H2,28,32). The Morgan fingerprint density at radius 3 is 2.36 bits per heavy atom. The Kier molecular flexibility index (Phi) is 6.73. The summed E-state index contributed by atoms with van der Waals surface area (Å²) in [5.74, 6) is 0.440. The summed E-state index contributed by atoms with van der Waals surface area (Å²) in [4.78, 5) is 31.7. The van der Waals surface area contributed by atoms with E-state index in [-0.39, 0.29) is 18.2 Å². The minimum Gasteiger partial charge on any atom is -0.496 e. The summed E-state index contributed by atoms with van der Waals surface area (Å²) < 4.78 is 5.38. The molecule has 1 aliphatic rings. The van der Waals surface area contributed by atoms with Crippen molar-refractivity contribution in [2.75, 3.05) is 20.2 Å². The van der Waals surface area contributed by atoms with Crippen LogP contribution in [-0.4, -0.2) is 41.9 Å². The Bertz CT molecular complexity index is 1120. The van der Waals surface area contributed by atoms with Gasteiger partial charge in [-0.3, -0.25) is 14.6 Å². The number of para-hydroxylation sites is 1. The fourth-order valence-electron chi connectivity index (χ4n) is 4.66. The molecular weight excluding hydrogens is 414 g/mol. The molecule has 0 saturated carbocycles. The predicted octanol–water partition coefficient (Wildman–Crippen LogP) is 3.64. The van der Waals surface area contributed by atoms with Crippen LogP contribution in [0.4, 0.5) is 0 Å². The van der Waals surface area contributed by atoms with E-state index in [9.17, 15) is 9.59 Å². The zero-order chi connectivity index (χ0) is 23.3. The topological polar surface area (TPSA) is 85.5 Å². The number of hydrogen-bond donors (Lipinski definition) is 1. The van der Waals surface area contributed by atoms with Crippen molar-refractivity contribution in [2.24, 2.45) is 11.1 Å².